The van der Waals surface area contributed by atoms with Crippen LogP contribution < -0.4 is 21.1 Å². The summed E-state index contributed by atoms with van der Waals surface area (Å²) in [6.45, 7) is -0.110. The van der Waals surface area contributed by atoms with Gasteiger partial charge in [0.05, 0.1) is 23.9 Å². The first-order valence-corrected chi connectivity index (χ1v) is 10.5. The Bertz CT molecular complexity index is 1360. The molecule has 1 saturated heterocycles. The molecule has 2 aromatic heterocycles. The Morgan fingerprint density at radius 2 is 1.97 bits per heavy atom. The van der Waals surface area contributed by atoms with Gasteiger partial charge in [0, 0.05) is 30.0 Å². The smallest absolute Gasteiger partial charge is 0.437 e. The third-order valence-corrected chi connectivity index (χ3v) is 5.47. The first-order valence-electron chi connectivity index (χ1n) is 10.2. The molecule has 35 heavy (non-hydrogen) atoms. The predicted octanol–water partition coefficient (Wildman–Crippen LogP) is 3.15. The molecule has 3 heterocycles. The molecule has 1 aliphatic heterocycles. The lowest BCUT2D eigenvalue weighted by Gasteiger charge is -2.30. The van der Waals surface area contributed by atoms with E-state index in [2.05, 4.69) is 20.8 Å². The highest BCUT2D eigenvalue weighted by molar-refractivity contribution is 6.30. The molecule has 0 radical (unpaired) electrons. The standard InChI is InChI=1S/C22H16ClF3N6O3/c23-14-5-12(9-27)6-16(7-14)35-18-19(22(24,25)26)29-11-32(21(18)34)10-15-8-17(20(33)31-30-15)13-1-3-28-4-2-13/h1-7,11,15,17,30H,8,10H2,(H,31,33). The number of hydrogen-bond acceptors (Lipinski definition) is 7. The molecule has 1 amide bonds. The van der Waals surface area contributed by atoms with Gasteiger partial charge < -0.3 is 4.74 Å². The van der Waals surface area contributed by atoms with Gasteiger partial charge in [0.1, 0.15) is 5.75 Å². The second-order valence-electron chi connectivity index (χ2n) is 7.67. The zero-order chi connectivity index (χ0) is 25.2. The summed E-state index contributed by atoms with van der Waals surface area (Å²) in [7, 11) is 0. The molecule has 0 spiro atoms. The molecule has 1 fully saturated rings. The molecule has 0 bridgehead atoms. The van der Waals surface area contributed by atoms with Crippen LogP contribution in [-0.4, -0.2) is 26.5 Å². The van der Waals surface area contributed by atoms with E-state index >= 15 is 0 Å². The summed E-state index contributed by atoms with van der Waals surface area (Å²) in [5, 5.41) is 9.12. The molecule has 2 N–H and O–H groups in total. The van der Waals surface area contributed by atoms with Gasteiger partial charge in [-0.2, -0.15) is 18.4 Å². The van der Waals surface area contributed by atoms with E-state index in [0.717, 1.165) is 17.0 Å². The topological polar surface area (TPSA) is 122 Å². The Kier molecular flexibility index (Phi) is 6.72. The van der Waals surface area contributed by atoms with Gasteiger partial charge in [-0.15, -0.1) is 0 Å². The van der Waals surface area contributed by atoms with Crippen molar-refractivity contribution in [3.05, 3.63) is 81.3 Å². The molecular weight excluding hydrogens is 489 g/mol. The quantitative estimate of drug-likeness (QED) is 0.547. The van der Waals surface area contributed by atoms with E-state index in [1.807, 2.05) is 6.07 Å². The Labute approximate surface area is 201 Å². The second kappa shape index (κ2) is 9.73. The number of nitrogens with one attached hydrogen (secondary N) is 2. The van der Waals surface area contributed by atoms with Crippen molar-refractivity contribution in [2.75, 3.05) is 0 Å². The van der Waals surface area contributed by atoms with E-state index in [9.17, 15) is 22.8 Å². The van der Waals surface area contributed by atoms with E-state index in [-0.39, 0.29) is 35.2 Å². The number of carbonyl (C=O) groups is 1. The fraction of sp³-hybridized carbons (Fsp3) is 0.227. The van der Waals surface area contributed by atoms with Crippen molar-refractivity contribution in [2.24, 2.45) is 0 Å². The van der Waals surface area contributed by atoms with Crippen LogP contribution in [0.4, 0.5) is 13.2 Å². The van der Waals surface area contributed by atoms with Crippen LogP contribution in [0.3, 0.4) is 0 Å². The zero-order valence-corrected chi connectivity index (χ0v) is 18.5. The van der Waals surface area contributed by atoms with Crippen molar-refractivity contribution in [3.63, 3.8) is 0 Å². The van der Waals surface area contributed by atoms with Crippen LogP contribution in [-0.2, 0) is 17.5 Å². The first kappa shape index (κ1) is 24.2. The molecule has 2 unspecified atom stereocenters. The fourth-order valence-corrected chi connectivity index (χ4v) is 3.87. The largest absolute Gasteiger partial charge is 0.449 e. The summed E-state index contributed by atoms with van der Waals surface area (Å²) < 4.78 is 47.0. The minimum atomic E-state index is -4.98. The van der Waals surface area contributed by atoms with Gasteiger partial charge >= 0.3 is 6.18 Å². The molecule has 180 valence electrons. The Morgan fingerprint density at radius 1 is 1.23 bits per heavy atom. The van der Waals surface area contributed by atoms with Crippen molar-refractivity contribution >= 4 is 17.5 Å². The number of benzene rings is 1. The van der Waals surface area contributed by atoms with E-state index < -0.39 is 35.1 Å². The molecule has 4 rings (SSSR count). The Balaban J connectivity index is 1.65. The number of hydrazine groups is 1. The SMILES string of the molecule is N#Cc1cc(Cl)cc(Oc2c(C(F)(F)F)ncn(CC3CC(c4ccncc4)C(=O)NN3)c2=O)c1. The third-order valence-electron chi connectivity index (χ3n) is 5.25. The molecule has 13 heteroatoms. The van der Waals surface area contributed by atoms with E-state index in [0.29, 0.717) is 5.56 Å². The molecule has 0 saturated carbocycles. The summed E-state index contributed by atoms with van der Waals surface area (Å²) in [5.74, 6) is -2.12. The summed E-state index contributed by atoms with van der Waals surface area (Å²) in [6, 6.07) is 8.30. The highest BCUT2D eigenvalue weighted by Gasteiger charge is 2.39. The minimum absolute atomic E-state index is 0.0366. The number of aromatic nitrogens is 3. The van der Waals surface area contributed by atoms with Gasteiger partial charge in [-0.05, 0) is 42.3 Å². The van der Waals surface area contributed by atoms with Crippen LogP contribution in [0.15, 0.2) is 53.8 Å². The van der Waals surface area contributed by atoms with Crippen molar-refractivity contribution in [1.29, 1.82) is 5.26 Å². The van der Waals surface area contributed by atoms with Crippen molar-refractivity contribution in [3.8, 4) is 17.6 Å². The number of hydrogen-bond donors (Lipinski definition) is 2. The predicted molar refractivity (Wildman–Crippen MR) is 116 cm³/mol. The van der Waals surface area contributed by atoms with Crippen LogP contribution in [0, 0.1) is 11.3 Å². The highest BCUT2D eigenvalue weighted by atomic mass is 35.5. The normalized spacial score (nSPS) is 18.0. The van der Waals surface area contributed by atoms with Gasteiger partial charge in [-0.25, -0.2) is 10.4 Å². The zero-order valence-electron chi connectivity index (χ0n) is 17.7. The van der Waals surface area contributed by atoms with Crippen LogP contribution in [0.25, 0.3) is 0 Å². The third kappa shape index (κ3) is 5.42. The van der Waals surface area contributed by atoms with Crippen LogP contribution in [0.1, 0.15) is 29.2 Å². The highest BCUT2D eigenvalue weighted by Crippen LogP contribution is 2.35. The molecule has 1 aliphatic rings. The summed E-state index contributed by atoms with van der Waals surface area (Å²) in [4.78, 5) is 32.7. The first-order chi connectivity index (χ1) is 16.7. The minimum Gasteiger partial charge on any atom is -0.449 e. The monoisotopic (exact) mass is 504 g/mol. The fourth-order valence-electron chi connectivity index (χ4n) is 3.65. The van der Waals surface area contributed by atoms with Gasteiger partial charge in [0.15, 0.2) is 5.69 Å². The summed E-state index contributed by atoms with van der Waals surface area (Å²) >= 11 is 5.90. The van der Waals surface area contributed by atoms with E-state index in [1.54, 1.807) is 24.5 Å². The maximum atomic E-state index is 13.6. The maximum Gasteiger partial charge on any atom is 0.437 e. The number of pyridine rings is 1. The Morgan fingerprint density at radius 3 is 2.66 bits per heavy atom. The number of amides is 1. The summed E-state index contributed by atoms with van der Waals surface area (Å²) in [5.41, 5.74) is 3.43. The van der Waals surface area contributed by atoms with Crippen molar-refractivity contribution < 1.29 is 22.7 Å². The maximum absolute atomic E-state index is 13.6. The van der Waals surface area contributed by atoms with Crippen LogP contribution >= 0.6 is 11.6 Å². The van der Waals surface area contributed by atoms with Crippen molar-refractivity contribution in [2.45, 2.75) is 31.1 Å². The van der Waals surface area contributed by atoms with Crippen LogP contribution in [0.2, 0.25) is 5.02 Å². The lowest BCUT2D eigenvalue weighted by atomic mass is 9.91. The van der Waals surface area contributed by atoms with Gasteiger partial charge in [0.25, 0.3) is 5.56 Å². The lowest BCUT2D eigenvalue weighted by Crippen LogP contribution is -2.54. The van der Waals surface area contributed by atoms with Gasteiger partial charge in [0.2, 0.25) is 11.7 Å². The van der Waals surface area contributed by atoms with Crippen molar-refractivity contribution in [1.82, 2.24) is 25.4 Å². The second-order valence-corrected chi connectivity index (χ2v) is 8.10. The number of nitriles is 1. The van der Waals surface area contributed by atoms with E-state index in [1.165, 1.54) is 12.1 Å². The van der Waals surface area contributed by atoms with Gasteiger partial charge in [-0.1, -0.05) is 11.6 Å². The number of alkyl halides is 3. The number of nitrogens with zero attached hydrogens (tertiary/aromatic N) is 4. The molecule has 3 aromatic rings. The molecule has 0 aliphatic carbocycles. The number of halogens is 4. The number of rotatable bonds is 5. The molecule has 1 aromatic carbocycles. The average Bonchev–Trinajstić information content (AvgIpc) is 2.82. The Hall–Kier alpha value is -3.95. The summed E-state index contributed by atoms with van der Waals surface area (Å²) in [6.07, 6.45) is -0.856. The molecular formula is C22H16ClF3N6O3. The van der Waals surface area contributed by atoms with E-state index in [4.69, 9.17) is 21.6 Å². The lowest BCUT2D eigenvalue weighted by molar-refractivity contribution is -0.142. The average molecular weight is 505 g/mol. The molecule has 2 atom stereocenters. The number of ether oxygens (including phenoxy) is 1. The van der Waals surface area contributed by atoms with Crippen LogP contribution in [0.5, 0.6) is 11.5 Å². The molecule has 9 nitrogen and oxygen atoms in total. The van der Waals surface area contributed by atoms with Gasteiger partial charge in [-0.3, -0.25) is 24.6 Å². The number of carbonyl (C=O) groups excluding carboxylic acids is 1.